The molecule has 3 nitrogen and oxygen atoms in total. The number of rotatable bonds is 3. The van der Waals surface area contributed by atoms with Gasteiger partial charge in [-0.3, -0.25) is 4.90 Å². The highest BCUT2D eigenvalue weighted by atomic mass is 35.5. The van der Waals surface area contributed by atoms with Crippen molar-refractivity contribution < 1.29 is 0 Å². The number of nitrogens with two attached hydrogens (primary N) is 1. The Morgan fingerprint density at radius 2 is 1.76 bits per heavy atom. The van der Waals surface area contributed by atoms with E-state index >= 15 is 0 Å². The molecule has 1 atom stereocenters. The summed E-state index contributed by atoms with van der Waals surface area (Å²) < 4.78 is 0. The van der Waals surface area contributed by atoms with Gasteiger partial charge >= 0.3 is 0 Å². The van der Waals surface area contributed by atoms with Crippen molar-refractivity contribution in [2.75, 3.05) is 37.6 Å². The van der Waals surface area contributed by atoms with Gasteiger partial charge in [0.1, 0.15) is 0 Å². The topological polar surface area (TPSA) is 32.5 Å². The fourth-order valence-corrected chi connectivity index (χ4v) is 2.37. The fourth-order valence-electron chi connectivity index (χ4n) is 2.25. The van der Waals surface area contributed by atoms with E-state index in [1.807, 2.05) is 12.1 Å². The van der Waals surface area contributed by atoms with Crippen LogP contribution in [0.2, 0.25) is 5.02 Å². The molecule has 0 radical (unpaired) electrons. The Balaban J connectivity index is 1.88. The molecule has 2 N–H and O–H groups in total. The number of piperazine rings is 1. The third-order valence-electron chi connectivity index (χ3n) is 3.11. The second-order valence-corrected chi connectivity index (χ2v) is 5.18. The Morgan fingerprint density at radius 1 is 1.18 bits per heavy atom. The molecule has 1 aliphatic heterocycles. The van der Waals surface area contributed by atoms with Crippen LogP contribution in [-0.2, 0) is 0 Å². The first-order valence-corrected chi connectivity index (χ1v) is 6.51. The third-order valence-corrected chi connectivity index (χ3v) is 3.36. The van der Waals surface area contributed by atoms with Crippen LogP contribution in [0, 0.1) is 0 Å². The molecule has 0 saturated carbocycles. The van der Waals surface area contributed by atoms with Crippen molar-refractivity contribution in [3.8, 4) is 0 Å². The Morgan fingerprint density at radius 3 is 2.29 bits per heavy atom. The van der Waals surface area contributed by atoms with Crippen molar-refractivity contribution in [3.63, 3.8) is 0 Å². The number of nitrogens with zero attached hydrogens (tertiary/aromatic N) is 2. The molecule has 17 heavy (non-hydrogen) atoms. The first kappa shape index (κ1) is 12.7. The summed E-state index contributed by atoms with van der Waals surface area (Å²) >= 11 is 5.89. The van der Waals surface area contributed by atoms with E-state index in [4.69, 9.17) is 17.3 Å². The van der Waals surface area contributed by atoms with Gasteiger partial charge in [-0.25, -0.2) is 0 Å². The molecule has 0 aliphatic carbocycles. The summed E-state index contributed by atoms with van der Waals surface area (Å²) in [5.74, 6) is 0. The van der Waals surface area contributed by atoms with Crippen LogP contribution in [0.4, 0.5) is 5.69 Å². The smallest absolute Gasteiger partial charge is 0.0407 e. The molecule has 1 aromatic rings. The minimum absolute atomic E-state index is 0.261. The van der Waals surface area contributed by atoms with Crippen molar-refractivity contribution in [3.05, 3.63) is 29.3 Å². The van der Waals surface area contributed by atoms with Gasteiger partial charge in [0.05, 0.1) is 0 Å². The molecule has 1 unspecified atom stereocenters. The van der Waals surface area contributed by atoms with E-state index in [1.54, 1.807) is 0 Å². The minimum atomic E-state index is 0.261. The Bertz CT molecular complexity index is 342. The Labute approximate surface area is 108 Å². The van der Waals surface area contributed by atoms with E-state index in [2.05, 4.69) is 28.9 Å². The summed E-state index contributed by atoms with van der Waals surface area (Å²) in [6.07, 6.45) is 0. The number of halogens is 1. The first-order valence-electron chi connectivity index (χ1n) is 6.13. The first-order chi connectivity index (χ1) is 8.15. The van der Waals surface area contributed by atoms with Gasteiger partial charge in [-0.15, -0.1) is 0 Å². The van der Waals surface area contributed by atoms with Crippen LogP contribution < -0.4 is 10.6 Å². The molecule has 2 rings (SSSR count). The van der Waals surface area contributed by atoms with Gasteiger partial charge in [0, 0.05) is 49.5 Å². The monoisotopic (exact) mass is 253 g/mol. The van der Waals surface area contributed by atoms with Crippen LogP contribution in [0.1, 0.15) is 6.92 Å². The average molecular weight is 254 g/mol. The van der Waals surface area contributed by atoms with Gasteiger partial charge in [-0.2, -0.15) is 0 Å². The SMILES string of the molecule is CC(N)CN1CCN(c2ccc(Cl)cc2)CC1. The molecule has 0 spiro atoms. The Hall–Kier alpha value is -0.770. The Kier molecular flexibility index (Phi) is 4.26. The lowest BCUT2D eigenvalue weighted by atomic mass is 10.2. The number of benzene rings is 1. The number of anilines is 1. The zero-order chi connectivity index (χ0) is 12.3. The van der Waals surface area contributed by atoms with Crippen LogP contribution >= 0.6 is 11.6 Å². The van der Waals surface area contributed by atoms with E-state index in [-0.39, 0.29) is 6.04 Å². The third kappa shape index (κ3) is 3.60. The summed E-state index contributed by atoms with van der Waals surface area (Å²) in [4.78, 5) is 4.82. The van der Waals surface area contributed by atoms with Gasteiger partial charge in [0.25, 0.3) is 0 Å². The lowest BCUT2D eigenvalue weighted by Gasteiger charge is -2.36. The second-order valence-electron chi connectivity index (χ2n) is 4.74. The maximum absolute atomic E-state index is 5.89. The zero-order valence-electron chi connectivity index (χ0n) is 10.3. The highest BCUT2D eigenvalue weighted by molar-refractivity contribution is 6.30. The van der Waals surface area contributed by atoms with Crippen molar-refractivity contribution in [1.29, 1.82) is 0 Å². The average Bonchev–Trinajstić information content (AvgIpc) is 2.30. The minimum Gasteiger partial charge on any atom is -0.369 e. The number of hydrogen-bond donors (Lipinski definition) is 1. The highest BCUT2D eigenvalue weighted by Gasteiger charge is 2.17. The van der Waals surface area contributed by atoms with E-state index in [0.29, 0.717) is 0 Å². The van der Waals surface area contributed by atoms with Crippen molar-refractivity contribution in [2.24, 2.45) is 5.73 Å². The van der Waals surface area contributed by atoms with Crippen molar-refractivity contribution in [1.82, 2.24) is 4.90 Å². The van der Waals surface area contributed by atoms with E-state index in [9.17, 15) is 0 Å². The quantitative estimate of drug-likeness (QED) is 0.892. The van der Waals surface area contributed by atoms with Gasteiger partial charge in [-0.1, -0.05) is 11.6 Å². The summed E-state index contributed by atoms with van der Waals surface area (Å²) in [5, 5.41) is 0.796. The molecule has 1 saturated heterocycles. The molecule has 1 aliphatic rings. The van der Waals surface area contributed by atoms with E-state index in [1.165, 1.54) is 5.69 Å². The van der Waals surface area contributed by atoms with Gasteiger partial charge in [0.2, 0.25) is 0 Å². The molecule has 1 heterocycles. The van der Waals surface area contributed by atoms with E-state index < -0.39 is 0 Å². The zero-order valence-corrected chi connectivity index (χ0v) is 11.0. The number of hydrogen-bond acceptors (Lipinski definition) is 3. The molecule has 1 aromatic carbocycles. The molecule has 4 heteroatoms. The van der Waals surface area contributed by atoms with Crippen LogP contribution in [0.3, 0.4) is 0 Å². The summed E-state index contributed by atoms with van der Waals surface area (Å²) in [6, 6.07) is 8.33. The fraction of sp³-hybridized carbons (Fsp3) is 0.538. The lowest BCUT2D eigenvalue weighted by Crippen LogP contribution is -2.49. The second kappa shape index (κ2) is 5.71. The van der Waals surface area contributed by atoms with Crippen LogP contribution in [0.15, 0.2) is 24.3 Å². The van der Waals surface area contributed by atoms with Gasteiger partial charge < -0.3 is 10.6 Å². The van der Waals surface area contributed by atoms with Gasteiger partial charge in [-0.05, 0) is 31.2 Å². The molecule has 0 aromatic heterocycles. The lowest BCUT2D eigenvalue weighted by molar-refractivity contribution is 0.247. The van der Waals surface area contributed by atoms with Crippen LogP contribution in [-0.4, -0.2) is 43.7 Å². The van der Waals surface area contributed by atoms with Crippen LogP contribution in [0.5, 0.6) is 0 Å². The molecule has 94 valence electrons. The maximum atomic E-state index is 5.89. The largest absolute Gasteiger partial charge is 0.369 e. The van der Waals surface area contributed by atoms with E-state index in [0.717, 1.165) is 37.7 Å². The highest BCUT2D eigenvalue weighted by Crippen LogP contribution is 2.19. The molecular weight excluding hydrogens is 234 g/mol. The normalized spacial score (nSPS) is 19.4. The molecule has 0 amide bonds. The van der Waals surface area contributed by atoms with Crippen LogP contribution in [0.25, 0.3) is 0 Å². The maximum Gasteiger partial charge on any atom is 0.0407 e. The summed E-state index contributed by atoms with van der Waals surface area (Å²) in [5.41, 5.74) is 7.07. The standard InChI is InChI=1S/C13H20ClN3/c1-11(15)10-16-6-8-17(9-7-16)13-4-2-12(14)3-5-13/h2-5,11H,6-10,15H2,1H3. The molecular formula is C13H20ClN3. The predicted molar refractivity (Wildman–Crippen MR) is 73.8 cm³/mol. The summed E-state index contributed by atoms with van der Waals surface area (Å²) in [7, 11) is 0. The van der Waals surface area contributed by atoms with Crippen molar-refractivity contribution in [2.45, 2.75) is 13.0 Å². The summed E-state index contributed by atoms with van der Waals surface area (Å²) in [6.45, 7) is 7.36. The van der Waals surface area contributed by atoms with Crippen molar-refractivity contribution >= 4 is 17.3 Å². The predicted octanol–water partition coefficient (Wildman–Crippen LogP) is 1.81. The van der Waals surface area contributed by atoms with Gasteiger partial charge in [0.15, 0.2) is 0 Å². The molecule has 0 bridgehead atoms. The molecule has 1 fully saturated rings.